The number of pyridine rings is 1. The normalized spacial score (nSPS) is 13.6. The molecule has 1 aliphatic heterocycles. The number of ether oxygens (including phenoxy) is 1. The SMILES string of the molecule is CC(C)(C)OC(=O)N1CCCc2ccc(CCCCC(=O)O)nc21.[Li]. The van der Waals surface area contributed by atoms with Crippen LogP contribution in [-0.2, 0) is 22.4 Å². The Kier molecular flexibility index (Phi) is 7.97. The standard InChI is InChI=1S/C18H26N2O4.Li/c1-18(2,3)24-17(23)20-12-6-7-13-10-11-14(19-16(13)20)8-4-5-9-15(21)22;/h10-11H,4-9,12H2,1-3H3,(H,21,22);. The van der Waals surface area contributed by atoms with Crippen molar-refractivity contribution in [2.75, 3.05) is 11.4 Å². The van der Waals surface area contributed by atoms with Crippen LogP contribution in [0.1, 0.15) is 57.7 Å². The molecule has 1 aliphatic rings. The van der Waals surface area contributed by atoms with Crippen LogP contribution in [0.2, 0.25) is 0 Å². The van der Waals surface area contributed by atoms with Crippen molar-refractivity contribution in [1.82, 2.24) is 4.98 Å². The number of carboxylic acids is 1. The van der Waals surface area contributed by atoms with Crippen LogP contribution < -0.4 is 4.90 Å². The molecule has 0 unspecified atom stereocenters. The number of carbonyl (C=O) groups is 2. The zero-order valence-electron chi connectivity index (χ0n) is 15.7. The number of anilines is 1. The van der Waals surface area contributed by atoms with Crippen molar-refractivity contribution in [2.24, 2.45) is 0 Å². The fourth-order valence-electron chi connectivity index (χ4n) is 2.70. The summed E-state index contributed by atoms with van der Waals surface area (Å²) in [6.07, 6.45) is 3.72. The number of aromatic nitrogens is 1. The fraction of sp³-hybridized carbons (Fsp3) is 0.611. The third-order valence-corrected chi connectivity index (χ3v) is 3.78. The summed E-state index contributed by atoms with van der Waals surface area (Å²) in [7, 11) is 0. The van der Waals surface area contributed by atoms with E-state index in [-0.39, 0.29) is 31.4 Å². The minimum absolute atomic E-state index is 0. The summed E-state index contributed by atoms with van der Waals surface area (Å²) in [6.45, 7) is 6.16. The maximum atomic E-state index is 12.4. The van der Waals surface area contributed by atoms with E-state index in [0.717, 1.165) is 30.5 Å². The zero-order valence-corrected chi connectivity index (χ0v) is 15.7. The van der Waals surface area contributed by atoms with Gasteiger partial charge in [0.2, 0.25) is 0 Å². The number of aliphatic carboxylic acids is 1. The van der Waals surface area contributed by atoms with Gasteiger partial charge in [0.15, 0.2) is 0 Å². The summed E-state index contributed by atoms with van der Waals surface area (Å²) in [5, 5.41) is 8.68. The van der Waals surface area contributed by atoms with Gasteiger partial charge in [0, 0.05) is 37.5 Å². The third kappa shape index (κ3) is 6.72. The molecule has 0 atom stereocenters. The first-order valence-corrected chi connectivity index (χ1v) is 8.47. The summed E-state index contributed by atoms with van der Waals surface area (Å²) in [4.78, 5) is 29.2. The Balaban J connectivity index is 0.00000312. The minimum atomic E-state index is -0.774. The fourth-order valence-corrected chi connectivity index (χ4v) is 2.70. The van der Waals surface area contributed by atoms with E-state index in [2.05, 4.69) is 4.98 Å². The van der Waals surface area contributed by atoms with Crippen molar-refractivity contribution < 1.29 is 19.4 Å². The molecular weight excluding hydrogens is 315 g/mol. The quantitative estimate of drug-likeness (QED) is 0.657. The van der Waals surface area contributed by atoms with E-state index in [4.69, 9.17) is 9.84 Å². The first kappa shape index (κ1) is 21.5. The Hall–Kier alpha value is -1.51. The average molecular weight is 341 g/mol. The van der Waals surface area contributed by atoms with Gasteiger partial charge in [0.25, 0.3) is 0 Å². The molecule has 133 valence electrons. The number of aryl methyl sites for hydroxylation is 2. The van der Waals surface area contributed by atoms with Crippen molar-refractivity contribution in [1.29, 1.82) is 0 Å². The van der Waals surface area contributed by atoms with E-state index >= 15 is 0 Å². The monoisotopic (exact) mass is 341 g/mol. The molecule has 7 heteroatoms. The second-order valence-corrected chi connectivity index (χ2v) is 7.12. The van der Waals surface area contributed by atoms with E-state index in [1.807, 2.05) is 32.9 Å². The van der Waals surface area contributed by atoms with Crippen molar-refractivity contribution in [2.45, 2.75) is 64.9 Å². The van der Waals surface area contributed by atoms with Crippen molar-refractivity contribution in [3.8, 4) is 0 Å². The summed E-state index contributed by atoms with van der Waals surface area (Å²) in [5.74, 6) is -0.0873. The number of nitrogens with zero attached hydrogens (tertiary/aromatic N) is 2. The molecule has 0 saturated heterocycles. The van der Waals surface area contributed by atoms with Gasteiger partial charge in [-0.3, -0.25) is 9.69 Å². The Labute approximate surface area is 161 Å². The molecule has 1 N–H and O–H groups in total. The molecule has 0 bridgehead atoms. The second-order valence-electron chi connectivity index (χ2n) is 7.12. The number of rotatable bonds is 5. The smallest absolute Gasteiger partial charge is 0.416 e. The van der Waals surface area contributed by atoms with E-state index in [1.165, 1.54) is 0 Å². The molecule has 0 aromatic carbocycles. The second kappa shape index (κ2) is 9.26. The molecule has 2 rings (SSSR count). The summed E-state index contributed by atoms with van der Waals surface area (Å²) in [5.41, 5.74) is 1.40. The number of carbonyl (C=O) groups excluding carboxylic acids is 1. The van der Waals surface area contributed by atoms with E-state index in [0.29, 0.717) is 25.2 Å². The van der Waals surface area contributed by atoms with E-state index in [1.54, 1.807) is 4.90 Å². The molecule has 0 spiro atoms. The van der Waals surface area contributed by atoms with Crippen LogP contribution in [0, 0.1) is 0 Å². The topological polar surface area (TPSA) is 79.7 Å². The van der Waals surface area contributed by atoms with E-state index < -0.39 is 11.6 Å². The Morgan fingerprint density at radius 3 is 2.64 bits per heavy atom. The van der Waals surface area contributed by atoms with Crippen LogP contribution >= 0.6 is 0 Å². The number of hydrogen-bond acceptors (Lipinski definition) is 4. The largest absolute Gasteiger partial charge is 0.481 e. The molecular formula is C18H26LiN2O4. The van der Waals surface area contributed by atoms with Gasteiger partial charge in [0.1, 0.15) is 11.4 Å². The molecule has 25 heavy (non-hydrogen) atoms. The summed E-state index contributed by atoms with van der Waals surface area (Å²) in [6, 6.07) is 3.99. The molecule has 1 aromatic heterocycles. The van der Waals surface area contributed by atoms with Gasteiger partial charge in [-0.1, -0.05) is 6.07 Å². The van der Waals surface area contributed by atoms with Crippen LogP contribution in [0.5, 0.6) is 0 Å². The van der Waals surface area contributed by atoms with Crippen molar-refractivity contribution in [3.05, 3.63) is 23.4 Å². The zero-order chi connectivity index (χ0) is 17.7. The van der Waals surface area contributed by atoms with Gasteiger partial charge in [0.05, 0.1) is 0 Å². The van der Waals surface area contributed by atoms with Crippen LogP contribution in [-0.4, -0.2) is 53.2 Å². The van der Waals surface area contributed by atoms with Crippen LogP contribution in [0.3, 0.4) is 0 Å². The molecule has 1 aromatic rings. The average Bonchev–Trinajstić information content (AvgIpc) is 2.49. The molecule has 0 fully saturated rings. The number of amides is 1. The summed E-state index contributed by atoms with van der Waals surface area (Å²) >= 11 is 0. The van der Waals surface area contributed by atoms with Gasteiger partial charge < -0.3 is 9.84 Å². The Morgan fingerprint density at radius 2 is 2.00 bits per heavy atom. The number of carboxylic acid groups (broad SMARTS) is 1. The first-order chi connectivity index (χ1) is 11.3. The predicted molar refractivity (Wildman–Crippen MR) is 97.1 cm³/mol. The summed E-state index contributed by atoms with van der Waals surface area (Å²) < 4.78 is 5.48. The number of hydrogen-bond donors (Lipinski definition) is 1. The number of unbranched alkanes of at least 4 members (excludes halogenated alkanes) is 1. The van der Waals surface area contributed by atoms with Crippen molar-refractivity contribution >= 4 is 36.7 Å². The van der Waals surface area contributed by atoms with Crippen LogP contribution in [0.15, 0.2) is 12.1 Å². The van der Waals surface area contributed by atoms with Gasteiger partial charge in [-0.05, 0) is 64.5 Å². The maximum Gasteiger partial charge on any atom is 0.416 e. The Bertz CT molecular complexity index is 614. The van der Waals surface area contributed by atoms with Crippen LogP contribution in [0.4, 0.5) is 10.6 Å². The molecule has 2 heterocycles. The van der Waals surface area contributed by atoms with Gasteiger partial charge in [-0.15, -0.1) is 0 Å². The minimum Gasteiger partial charge on any atom is -0.481 e. The predicted octanol–water partition coefficient (Wildman–Crippen LogP) is 3.19. The third-order valence-electron chi connectivity index (χ3n) is 3.78. The molecule has 0 aliphatic carbocycles. The molecule has 1 radical (unpaired) electrons. The van der Waals surface area contributed by atoms with Gasteiger partial charge in [-0.25, -0.2) is 9.78 Å². The Morgan fingerprint density at radius 1 is 1.28 bits per heavy atom. The van der Waals surface area contributed by atoms with Crippen LogP contribution in [0.25, 0.3) is 0 Å². The van der Waals surface area contributed by atoms with Gasteiger partial charge >= 0.3 is 12.1 Å². The molecule has 1 amide bonds. The molecule has 6 nitrogen and oxygen atoms in total. The van der Waals surface area contributed by atoms with E-state index in [9.17, 15) is 9.59 Å². The van der Waals surface area contributed by atoms with Gasteiger partial charge in [-0.2, -0.15) is 0 Å². The molecule has 0 saturated carbocycles. The maximum absolute atomic E-state index is 12.4. The van der Waals surface area contributed by atoms with Crippen molar-refractivity contribution in [3.63, 3.8) is 0 Å². The number of fused-ring (bicyclic) bond motifs is 1. The first-order valence-electron chi connectivity index (χ1n) is 8.47.